The van der Waals surface area contributed by atoms with E-state index in [4.69, 9.17) is 9.15 Å². The third-order valence-electron chi connectivity index (χ3n) is 5.62. The van der Waals surface area contributed by atoms with Crippen molar-refractivity contribution in [2.45, 2.75) is 11.8 Å². The lowest BCUT2D eigenvalue weighted by Gasteiger charge is -2.33. The van der Waals surface area contributed by atoms with Crippen molar-refractivity contribution in [3.05, 3.63) is 42.4 Å². The number of sulfonamides is 2. The van der Waals surface area contributed by atoms with Crippen LogP contribution in [0.4, 0.5) is 5.69 Å². The fraction of sp³-hybridized carbons (Fsp3) is 0.400. The van der Waals surface area contributed by atoms with E-state index in [0.717, 1.165) is 6.07 Å². The molecule has 13 heteroatoms. The van der Waals surface area contributed by atoms with Gasteiger partial charge in [-0.3, -0.25) is 9.59 Å². The maximum absolute atomic E-state index is 13.4. The van der Waals surface area contributed by atoms with Crippen LogP contribution in [0.5, 0.6) is 5.75 Å². The maximum atomic E-state index is 13.4. The van der Waals surface area contributed by atoms with Gasteiger partial charge in [-0.2, -0.15) is 4.31 Å². The summed E-state index contributed by atoms with van der Waals surface area (Å²) in [6.45, 7) is 1.86. The number of piperazine rings is 1. The number of furan rings is 1. The molecule has 0 N–H and O–H groups in total. The van der Waals surface area contributed by atoms with E-state index in [-0.39, 0.29) is 59.9 Å². The Morgan fingerprint density at radius 2 is 1.85 bits per heavy atom. The number of hydrogen-bond acceptors (Lipinski definition) is 8. The molecule has 0 bridgehead atoms. The highest BCUT2D eigenvalue weighted by molar-refractivity contribution is 7.94. The second-order valence-electron chi connectivity index (χ2n) is 7.79. The molecule has 1 aromatic carbocycles. The molecule has 1 aromatic heterocycles. The van der Waals surface area contributed by atoms with E-state index in [2.05, 4.69) is 0 Å². The molecule has 2 aliphatic heterocycles. The van der Waals surface area contributed by atoms with Crippen LogP contribution in [0.2, 0.25) is 0 Å². The topological polar surface area (TPSA) is 135 Å². The van der Waals surface area contributed by atoms with Gasteiger partial charge in [0.1, 0.15) is 10.6 Å². The van der Waals surface area contributed by atoms with Gasteiger partial charge < -0.3 is 14.1 Å². The van der Waals surface area contributed by atoms with E-state index in [0.29, 0.717) is 4.31 Å². The van der Waals surface area contributed by atoms with Crippen molar-refractivity contribution >= 4 is 37.5 Å². The van der Waals surface area contributed by atoms with Crippen LogP contribution in [-0.4, -0.2) is 76.9 Å². The summed E-state index contributed by atoms with van der Waals surface area (Å²) in [5, 5.41) is 0. The minimum absolute atomic E-state index is 0.0185. The maximum Gasteiger partial charge on any atom is 0.289 e. The Hall–Kier alpha value is -2.90. The molecule has 178 valence electrons. The van der Waals surface area contributed by atoms with Crippen LogP contribution in [0.25, 0.3) is 0 Å². The van der Waals surface area contributed by atoms with Gasteiger partial charge in [0.05, 0.1) is 30.7 Å². The Morgan fingerprint density at radius 3 is 2.39 bits per heavy atom. The quantitative estimate of drug-likeness (QED) is 0.591. The van der Waals surface area contributed by atoms with Crippen LogP contribution >= 0.6 is 0 Å². The van der Waals surface area contributed by atoms with Crippen molar-refractivity contribution in [3.8, 4) is 5.75 Å². The van der Waals surface area contributed by atoms with E-state index in [1.165, 1.54) is 47.7 Å². The van der Waals surface area contributed by atoms with Crippen LogP contribution in [-0.2, 0) is 24.8 Å². The molecule has 2 aromatic rings. The lowest BCUT2D eigenvalue weighted by molar-refractivity contribution is -0.119. The zero-order valence-corrected chi connectivity index (χ0v) is 19.6. The van der Waals surface area contributed by atoms with Gasteiger partial charge in [0.25, 0.3) is 5.91 Å². The van der Waals surface area contributed by atoms with E-state index >= 15 is 0 Å². The zero-order chi connectivity index (χ0) is 24.0. The summed E-state index contributed by atoms with van der Waals surface area (Å²) in [6.07, 6.45) is 1.39. The Balaban J connectivity index is 1.61. The fourth-order valence-electron chi connectivity index (χ4n) is 3.91. The summed E-state index contributed by atoms with van der Waals surface area (Å²) in [5.74, 6) is -1.82. The van der Waals surface area contributed by atoms with Gasteiger partial charge in [-0.15, -0.1) is 0 Å². The molecule has 11 nitrogen and oxygen atoms in total. The molecule has 0 spiro atoms. The third kappa shape index (κ3) is 4.11. The average Bonchev–Trinajstić information content (AvgIpc) is 3.39. The van der Waals surface area contributed by atoms with Gasteiger partial charge in [0.2, 0.25) is 26.0 Å². The van der Waals surface area contributed by atoms with Crippen molar-refractivity contribution in [2.75, 3.05) is 43.3 Å². The van der Waals surface area contributed by atoms with Gasteiger partial charge in [-0.25, -0.2) is 21.1 Å². The van der Waals surface area contributed by atoms with Crippen LogP contribution in [0.15, 0.2) is 45.9 Å². The molecule has 33 heavy (non-hydrogen) atoms. The standard InChI is InChI=1S/C20H23N3O8S2/c1-14-13-32(26,27)23(19(14)24)15-5-6-16(30-2)18(12-15)33(28,29)22-9-7-21(8-10-22)20(25)17-4-3-11-31-17/h3-6,11-12,14H,7-10,13H2,1-2H3/t14-/m0/s1. The molecule has 0 unspecified atom stereocenters. The number of ether oxygens (including phenoxy) is 1. The molecule has 0 radical (unpaired) electrons. The Morgan fingerprint density at radius 1 is 1.15 bits per heavy atom. The Kier molecular flexibility index (Phi) is 5.97. The summed E-state index contributed by atoms with van der Waals surface area (Å²) < 4.78 is 63.9. The highest BCUT2D eigenvalue weighted by atomic mass is 32.2. The lowest BCUT2D eigenvalue weighted by atomic mass is 10.2. The zero-order valence-electron chi connectivity index (χ0n) is 18.0. The number of amides is 2. The minimum atomic E-state index is -4.11. The number of rotatable bonds is 5. The van der Waals surface area contributed by atoms with Gasteiger partial charge in [-0.1, -0.05) is 6.92 Å². The number of hydrogen-bond donors (Lipinski definition) is 0. The van der Waals surface area contributed by atoms with Gasteiger partial charge >= 0.3 is 0 Å². The largest absolute Gasteiger partial charge is 0.495 e. The van der Waals surface area contributed by atoms with Crippen LogP contribution in [0, 0.1) is 5.92 Å². The normalized spacial score (nSPS) is 21.4. The first-order chi connectivity index (χ1) is 15.6. The molecule has 2 aliphatic rings. The fourth-order valence-corrected chi connectivity index (χ4v) is 7.32. The predicted molar refractivity (Wildman–Crippen MR) is 117 cm³/mol. The molecule has 2 fully saturated rings. The van der Waals surface area contributed by atoms with E-state index in [1.807, 2.05) is 0 Å². The number of benzene rings is 1. The number of nitrogens with zero attached hydrogens (tertiary/aromatic N) is 3. The van der Waals surface area contributed by atoms with Crippen molar-refractivity contribution in [3.63, 3.8) is 0 Å². The molecule has 4 rings (SSSR count). The number of methoxy groups -OCH3 is 1. The van der Waals surface area contributed by atoms with Crippen LogP contribution < -0.4 is 9.04 Å². The van der Waals surface area contributed by atoms with Gasteiger partial charge in [0, 0.05) is 26.2 Å². The molecule has 3 heterocycles. The second kappa shape index (κ2) is 8.47. The van der Waals surface area contributed by atoms with E-state index in [9.17, 15) is 26.4 Å². The Labute approximate surface area is 191 Å². The molecular formula is C20H23N3O8S2. The number of anilines is 1. The summed E-state index contributed by atoms with van der Waals surface area (Å²) >= 11 is 0. The first-order valence-electron chi connectivity index (χ1n) is 10.1. The summed E-state index contributed by atoms with van der Waals surface area (Å²) in [6, 6.07) is 6.94. The van der Waals surface area contributed by atoms with Crippen molar-refractivity contribution in [1.82, 2.24) is 9.21 Å². The van der Waals surface area contributed by atoms with Crippen LogP contribution in [0.1, 0.15) is 17.5 Å². The summed E-state index contributed by atoms with van der Waals surface area (Å²) in [7, 11) is -6.72. The van der Waals surface area contributed by atoms with Gasteiger partial charge in [-0.05, 0) is 30.3 Å². The Bertz CT molecular complexity index is 1280. The molecular weight excluding hydrogens is 474 g/mol. The van der Waals surface area contributed by atoms with Crippen molar-refractivity contribution in [1.29, 1.82) is 0 Å². The van der Waals surface area contributed by atoms with Gasteiger partial charge in [0.15, 0.2) is 5.76 Å². The van der Waals surface area contributed by atoms with Crippen molar-refractivity contribution in [2.24, 2.45) is 5.92 Å². The highest BCUT2D eigenvalue weighted by Crippen LogP contribution is 2.35. The number of carbonyl (C=O) groups excluding carboxylic acids is 2. The smallest absolute Gasteiger partial charge is 0.289 e. The molecule has 2 saturated heterocycles. The van der Waals surface area contributed by atoms with Crippen LogP contribution in [0.3, 0.4) is 0 Å². The third-order valence-corrected chi connectivity index (χ3v) is 9.41. The summed E-state index contributed by atoms with van der Waals surface area (Å²) in [4.78, 5) is 26.1. The van der Waals surface area contributed by atoms with Crippen molar-refractivity contribution < 1.29 is 35.6 Å². The first-order valence-corrected chi connectivity index (χ1v) is 13.2. The number of carbonyl (C=O) groups is 2. The molecule has 1 atom stereocenters. The highest BCUT2D eigenvalue weighted by Gasteiger charge is 2.43. The average molecular weight is 498 g/mol. The summed E-state index contributed by atoms with van der Waals surface area (Å²) in [5.41, 5.74) is -0.0599. The monoisotopic (exact) mass is 497 g/mol. The molecule has 2 amide bonds. The van der Waals surface area contributed by atoms with E-state index in [1.54, 1.807) is 6.07 Å². The predicted octanol–water partition coefficient (Wildman–Crippen LogP) is 0.747. The second-order valence-corrected chi connectivity index (χ2v) is 11.6. The first kappa shape index (κ1) is 23.3. The lowest BCUT2D eigenvalue weighted by Crippen LogP contribution is -2.50. The SMILES string of the molecule is COc1ccc(N2C(=O)[C@@H](C)CS2(=O)=O)cc1S(=O)(=O)N1CCN(C(=O)c2ccco2)CC1. The molecule has 0 saturated carbocycles. The minimum Gasteiger partial charge on any atom is -0.495 e. The van der Waals surface area contributed by atoms with E-state index < -0.39 is 31.9 Å². The molecule has 0 aliphatic carbocycles.